The van der Waals surface area contributed by atoms with Crippen LogP contribution in [0, 0.1) is 0 Å². The van der Waals surface area contributed by atoms with Crippen molar-refractivity contribution in [3.63, 3.8) is 0 Å². The van der Waals surface area contributed by atoms with Crippen LogP contribution in [0.2, 0.25) is 0 Å². The summed E-state index contributed by atoms with van der Waals surface area (Å²) < 4.78 is 7.18. The fourth-order valence-corrected chi connectivity index (χ4v) is 2.97. The molecule has 2 aromatic heterocycles. The predicted molar refractivity (Wildman–Crippen MR) is 102 cm³/mol. The fourth-order valence-electron chi connectivity index (χ4n) is 2.97. The molecule has 6 heteroatoms. The molecule has 6 nitrogen and oxygen atoms in total. The van der Waals surface area contributed by atoms with Crippen molar-refractivity contribution in [1.29, 1.82) is 0 Å². The lowest BCUT2D eigenvalue weighted by molar-refractivity contribution is 0.415. The van der Waals surface area contributed by atoms with Crippen molar-refractivity contribution in [2.24, 2.45) is 0 Å². The number of aromatic nitrogens is 4. The number of fused-ring (bicyclic) bond motifs is 1. The highest BCUT2D eigenvalue weighted by atomic mass is 16.5. The van der Waals surface area contributed by atoms with E-state index in [9.17, 15) is 0 Å². The molecule has 0 bridgehead atoms. The summed E-state index contributed by atoms with van der Waals surface area (Å²) >= 11 is 0. The van der Waals surface area contributed by atoms with E-state index in [1.807, 2.05) is 54.1 Å². The number of anilines is 1. The third kappa shape index (κ3) is 2.97. The van der Waals surface area contributed by atoms with Gasteiger partial charge in [0.1, 0.15) is 18.4 Å². The number of imidazole rings is 1. The quantitative estimate of drug-likeness (QED) is 0.554. The SMILES string of the molecule is COc1ccc(-n2cnc3c(N(C)Cc4ccccc4)ncnc32)cc1. The first kappa shape index (κ1) is 16.1. The monoisotopic (exact) mass is 345 g/mol. The molecule has 0 amide bonds. The van der Waals surface area contributed by atoms with E-state index in [0.29, 0.717) is 0 Å². The lowest BCUT2D eigenvalue weighted by Gasteiger charge is -2.18. The van der Waals surface area contributed by atoms with Crippen molar-refractivity contribution >= 4 is 17.0 Å². The number of hydrogen-bond donors (Lipinski definition) is 0. The summed E-state index contributed by atoms with van der Waals surface area (Å²) in [6, 6.07) is 18.1. The second-order valence-corrected chi connectivity index (χ2v) is 6.02. The van der Waals surface area contributed by atoms with Gasteiger partial charge in [-0.25, -0.2) is 15.0 Å². The molecule has 0 N–H and O–H groups in total. The lowest BCUT2D eigenvalue weighted by atomic mass is 10.2. The van der Waals surface area contributed by atoms with Gasteiger partial charge in [0.05, 0.1) is 7.11 Å². The van der Waals surface area contributed by atoms with E-state index in [4.69, 9.17) is 4.74 Å². The van der Waals surface area contributed by atoms with Crippen molar-refractivity contribution in [2.75, 3.05) is 19.1 Å². The summed E-state index contributed by atoms with van der Waals surface area (Å²) in [5, 5.41) is 0. The average Bonchev–Trinajstić information content (AvgIpc) is 3.13. The summed E-state index contributed by atoms with van der Waals surface area (Å²) in [6.45, 7) is 0.752. The Labute approximate surface area is 151 Å². The van der Waals surface area contributed by atoms with Crippen LogP contribution in [0.1, 0.15) is 5.56 Å². The van der Waals surface area contributed by atoms with Crippen LogP contribution in [-0.4, -0.2) is 33.7 Å². The van der Waals surface area contributed by atoms with Gasteiger partial charge >= 0.3 is 0 Å². The first-order valence-electron chi connectivity index (χ1n) is 8.34. The Hall–Kier alpha value is -3.41. The number of ether oxygens (including phenoxy) is 1. The summed E-state index contributed by atoms with van der Waals surface area (Å²) in [6.07, 6.45) is 3.36. The Morgan fingerprint density at radius 2 is 1.73 bits per heavy atom. The van der Waals surface area contributed by atoms with E-state index in [1.54, 1.807) is 19.8 Å². The molecule has 0 spiro atoms. The summed E-state index contributed by atoms with van der Waals surface area (Å²) in [4.78, 5) is 15.6. The van der Waals surface area contributed by atoms with Crippen LogP contribution in [0.3, 0.4) is 0 Å². The molecule has 0 aliphatic heterocycles. The van der Waals surface area contributed by atoms with E-state index < -0.39 is 0 Å². The summed E-state index contributed by atoms with van der Waals surface area (Å²) in [7, 11) is 3.67. The number of methoxy groups -OCH3 is 1. The van der Waals surface area contributed by atoms with Gasteiger partial charge in [0, 0.05) is 19.3 Å². The average molecular weight is 345 g/mol. The van der Waals surface area contributed by atoms with Crippen LogP contribution in [0.4, 0.5) is 5.82 Å². The molecule has 130 valence electrons. The molecule has 0 fully saturated rings. The third-order valence-electron chi connectivity index (χ3n) is 4.29. The molecular formula is C20H19N5O. The highest BCUT2D eigenvalue weighted by molar-refractivity contribution is 5.84. The molecule has 0 saturated carbocycles. The molecule has 0 aliphatic carbocycles. The molecule has 0 atom stereocenters. The molecule has 0 radical (unpaired) electrons. The van der Waals surface area contributed by atoms with Gasteiger partial charge in [-0.1, -0.05) is 30.3 Å². The second kappa shape index (κ2) is 6.84. The third-order valence-corrected chi connectivity index (χ3v) is 4.29. The number of nitrogens with zero attached hydrogens (tertiary/aromatic N) is 5. The first-order valence-corrected chi connectivity index (χ1v) is 8.34. The van der Waals surface area contributed by atoms with Crippen LogP contribution in [0.25, 0.3) is 16.9 Å². The highest BCUT2D eigenvalue weighted by Gasteiger charge is 2.14. The van der Waals surface area contributed by atoms with Crippen molar-refractivity contribution in [1.82, 2.24) is 19.5 Å². The van der Waals surface area contributed by atoms with Gasteiger partial charge in [-0.15, -0.1) is 0 Å². The smallest absolute Gasteiger partial charge is 0.170 e. The Morgan fingerprint density at radius 1 is 0.962 bits per heavy atom. The normalized spacial score (nSPS) is 10.8. The van der Waals surface area contributed by atoms with Crippen molar-refractivity contribution in [3.05, 3.63) is 72.8 Å². The van der Waals surface area contributed by atoms with Gasteiger partial charge in [0.15, 0.2) is 17.0 Å². The van der Waals surface area contributed by atoms with Crippen molar-refractivity contribution in [2.45, 2.75) is 6.54 Å². The minimum atomic E-state index is 0.752. The van der Waals surface area contributed by atoms with E-state index >= 15 is 0 Å². The van der Waals surface area contributed by atoms with E-state index in [0.717, 1.165) is 35.0 Å². The maximum Gasteiger partial charge on any atom is 0.170 e. The van der Waals surface area contributed by atoms with Gasteiger partial charge < -0.3 is 9.64 Å². The minimum Gasteiger partial charge on any atom is -0.497 e. The molecule has 4 aromatic rings. The maximum atomic E-state index is 5.22. The Kier molecular flexibility index (Phi) is 4.23. The zero-order valence-electron chi connectivity index (χ0n) is 14.7. The molecule has 0 aliphatic rings. The zero-order valence-corrected chi connectivity index (χ0v) is 14.7. The molecule has 26 heavy (non-hydrogen) atoms. The van der Waals surface area contributed by atoms with Gasteiger partial charge in [0.2, 0.25) is 0 Å². The molecule has 0 unspecified atom stereocenters. The number of hydrogen-bond acceptors (Lipinski definition) is 5. The topological polar surface area (TPSA) is 56.1 Å². The molecule has 2 aromatic carbocycles. The number of benzene rings is 2. The van der Waals surface area contributed by atoms with E-state index in [-0.39, 0.29) is 0 Å². The summed E-state index contributed by atoms with van der Waals surface area (Å²) in [5.41, 5.74) is 3.75. The Balaban J connectivity index is 1.70. The maximum absolute atomic E-state index is 5.22. The van der Waals surface area contributed by atoms with Crippen LogP contribution < -0.4 is 9.64 Å². The Morgan fingerprint density at radius 3 is 2.46 bits per heavy atom. The minimum absolute atomic E-state index is 0.752. The van der Waals surface area contributed by atoms with E-state index in [2.05, 4.69) is 32.0 Å². The van der Waals surface area contributed by atoms with Gasteiger partial charge in [-0.2, -0.15) is 0 Å². The summed E-state index contributed by atoms with van der Waals surface area (Å²) in [5.74, 6) is 1.63. The van der Waals surface area contributed by atoms with Crippen molar-refractivity contribution in [3.8, 4) is 11.4 Å². The molecule has 4 rings (SSSR count). The fraction of sp³-hybridized carbons (Fsp3) is 0.150. The lowest BCUT2D eigenvalue weighted by Crippen LogP contribution is -2.18. The van der Waals surface area contributed by atoms with Gasteiger partial charge in [-0.05, 0) is 29.8 Å². The standard InChI is InChI=1S/C20H19N5O/c1-24(12-15-6-4-3-5-7-15)19-18-20(22-13-21-19)25(14-23-18)16-8-10-17(26-2)11-9-16/h3-11,13-14H,12H2,1-2H3. The molecule has 2 heterocycles. The second-order valence-electron chi connectivity index (χ2n) is 6.02. The largest absolute Gasteiger partial charge is 0.497 e. The van der Waals surface area contributed by atoms with Crippen LogP contribution >= 0.6 is 0 Å². The number of rotatable bonds is 5. The zero-order chi connectivity index (χ0) is 17.9. The van der Waals surface area contributed by atoms with Gasteiger partial charge in [-0.3, -0.25) is 4.57 Å². The van der Waals surface area contributed by atoms with Crippen LogP contribution in [0.15, 0.2) is 67.3 Å². The van der Waals surface area contributed by atoms with E-state index in [1.165, 1.54) is 5.56 Å². The predicted octanol–water partition coefficient (Wildman–Crippen LogP) is 3.46. The van der Waals surface area contributed by atoms with Crippen LogP contribution in [0.5, 0.6) is 5.75 Å². The van der Waals surface area contributed by atoms with Gasteiger partial charge in [0.25, 0.3) is 0 Å². The molecule has 0 saturated heterocycles. The molecular weight excluding hydrogens is 326 g/mol. The van der Waals surface area contributed by atoms with Crippen molar-refractivity contribution < 1.29 is 4.74 Å². The Bertz CT molecular complexity index is 1010. The first-order chi connectivity index (χ1) is 12.8. The van der Waals surface area contributed by atoms with Crippen LogP contribution in [-0.2, 0) is 6.54 Å². The highest BCUT2D eigenvalue weighted by Crippen LogP contribution is 2.25.